The van der Waals surface area contributed by atoms with E-state index in [1.165, 1.54) is 14.2 Å². The van der Waals surface area contributed by atoms with E-state index in [0.717, 1.165) is 12.1 Å². The van der Waals surface area contributed by atoms with Crippen molar-refractivity contribution in [3.8, 4) is 11.5 Å². The van der Waals surface area contributed by atoms with Gasteiger partial charge >= 0.3 is 11.9 Å². The zero-order valence-electron chi connectivity index (χ0n) is 13.9. The van der Waals surface area contributed by atoms with Crippen molar-refractivity contribution in [2.45, 2.75) is 38.7 Å². The van der Waals surface area contributed by atoms with Crippen LogP contribution in [0, 0.1) is 11.2 Å². The standard InChI is InChI=1S/C17H21FO6/c1-17(16(21)23-3)6-4-10(5-7-17)24-14-8-11(15(19)20)13(22-2)9-12(14)18/h8-10H,4-7H2,1-3H3,(H,19,20). The molecule has 0 unspecified atom stereocenters. The highest BCUT2D eigenvalue weighted by Gasteiger charge is 2.39. The molecule has 1 aliphatic carbocycles. The summed E-state index contributed by atoms with van der Waals surface area (Å²) in [6.45, 7) is 1.84. The Bertz CT molecular complexity index is 634. The van der Waals surface area contributed by atoms with E-state index in [9.17, 15) is 14.0 Å². The molecule has 1 N–H and O–H groups in total. The summed E-state index contributed by atoms with van der Waals surface area (Å²) in [7, 11) is 2.63. The Labute approximate surface area is 139 Å². The van der Waals surface area contributed by atoms with Crippen LogP contribution in [0.3, 0.4) is 0 Å². The summed E-state index contributed by atoms with van der Waals surface area (Å²) in [5, 5.41) is 9.17. The Morgan fingerprint density at radius 3 is 2.33 bits per heavy atom. The molecule has 1 fully saturated rings. The summed E-state index contributed by atoms with van der Waals surface area (Å²) in [6.07, 6.45) is 1.95. The van der Waals surface area contributed by atoms with Crippen molar-refractivity contribution in [1.29, 1.82) is 0 Å². The van der Waals surface area contributed by atoms with E-state index in [1.807, 2.05) is 6.92 Å². The van der Waals surface area contributed by atoms with Gasteiger partial charge in [-0.1, -0.05) is 0 Å². The smallest absolute Gasteiger partial charge is 0.339 e. The third kappa shape index (κ3) is 3.60. The number of benzene rings is 1. The molecule has 0 spiro atoms. The molecule has 0 aliphatic heterocycles. The Kier molecular flexibility index (Phi) is 5.31. The van der Waals surface area contributed by atoms with Crippen molar-refractivity contribution < 1.29 is 33.3 Å². The second-order valence-electron chi connectivity index (χ2n) is 6.16. The van der Waals surface area contributed by atoms with Crippen LogP contribution in [0.25, 0.3) is 0 Å². The molecule has 0 aromatic heterocycles. The Hall–Kier alpha value is -2.31. The van der Waals surface area contributed by atoms with Gasteiger partial charge in [0, 0.05) is 12.1 Å². The topological polar surface area (TPSA) is 82.1 Å². The van der Waals surface area contributed by atoms with Gasteiger partial charge in [0.2, 0.25) is 0 Å². The van der Waals surface area contributed by atoms with Gasteiger partial charge in [0.1, 0.15) is 11.3 Å². The molecular formula is C17H21FO6. The van der Waals surface area contributed by atoms with Crippen LogP contribution in [0.1, 0.15) is 43.0 Å². The van der Waals surface area contributed by atoms with Crippen LogP contribution in [-0.2, 0) is 9.53 Å². The van der Waals surface area contributed by atoms with Gasteiger partial charge in [-0.25, -0.2) is 9.18 Å². The minimum Gasteiger partial charge on any atom is -0.496 e. The number of halogens is 1. The molecule has 0 bridgehead atoms. The summed E-state index contributed by atoms with van der Waals surface area (Å²) in [4.78, 5) is 23.0. The number of aromatic carboxylic acids is 1. The molecule has 2 rings (SSSR count). The van der Waals surface area contributed by atoms with Crippen molar-refractivity contribution in [2.24, 2.45) is 5.41 Å². The third-order valence-electron chi connectivity index (χ3n) is 4.49. The van der Waals surface area contributed by atoms with Gasteiger partial charge in [-0.05, 0) is 32.6 Å². The summed E-state index contributed by atoms with van der Waals surface area (Å²) < 4.78 is 29.4. The number of rotatable bonds is 5. The minimum atomic E-state index is -1.22. The lowest BCUT2D eigenvalue weighted by atomic mass is 9.75. The first-order valence-corrected chi connectivity index (χ1v) is 7.66. The predicted molar refractivity (Wildman–Crippen MR) is 82.9 cm³/mol. The highest BCUT2D eigenvalue weighted by Crippen LogP contribution is 2.39. The van der Waals surface area contributed by atoms with Crippen LogP contribution in [0.15, 0.2) is 12.1 Å². The van der Waals surface area contributed by atoms with Gasteiger partial charge in [0.25, 0.3) is 0 Å². The zero-order chi connectivity index (χ0) is 17.9. The molecule has 0 atom stereocenters. The summed E-state index contributed by atoms with van der Waals surface area (Å²) in [5.74, 6) is -2.35. The molecule has 0 radical (unpaired) electrons. The Balaban J connectivity index is 2.11. The number of esters is 1. The quantitative estimate of drug-likeness (QED) is 0.830. The first kappa shape index (κ1) is 18.0. The predicted octanol–water partition coefficient (Wildman–Crippen LogP) is 3.03. The molecule has 24 heavy (non-hydrogen) atoms. The van der Waals surface area contributed by atoms with E-state index in [0.29, 0.717) is 25.7 Å². The maximum Gasteiger partial charge on any atom is 0.339 e. The van der Waals surface area contributed by atoms with Gasteiger partial charge < -0.3 is 19.3 Å². The number of carboxylic acid groups (broad SMARTS) is 1. The van der Waals surface area contributed by atoms with E-state index in [4.69, 9.17) is 19.3 Å². The molecule has 6 nitrogen and oxygen atoms in total. The molecule has 0 amide bonds. The first-order valence-electron chi connectivity index (χ1n) is 7.66. The molecule has 0 saturated heterocycles. The minimum absolute atomic E-state index is 0.0609. The molecule has 1 aliphatic rings. The maximum absolute atomic E-state index is 14.1. The summed E-state index contributed by atoms with van der Waals surface area (Å²) in [6, 6.07) is 2.13. The normalized spacial score (nSPS) is 23.4. The van der Waals surface area contributed by atoms with E-state index in [-0.39, 0.29) is 29.1 Å². The van der Waals surface area contributed by atoms with Crippen LogP contribution in [0.5, 0.6) is 11.5 Å². The summed E-state index contributed by atoms with van der Waals surface area (Å²) in [5.41, 5.74) is -0.719. The Morgan fingerprint density at radius 1 is 1.21 bits per heavy atom. The fourth-order valence-electron chi connectivity index (χ4n) is 2.94. The highest BCUT2D eigenvalue weighted by molar-refractivity contribution is 5.91. The van der Waals surface area contributed by atoms with Crippen molar-refractivity contribution in [2.75, 3.05) is 14.2 Å². The van der Waals surface area contributed by atoms with Crippen molar-refractivity contribution in [1.82, 2.24) is 0 Å². The Morgan fingerprint density at radius 2 is 1.83 bits per heavy atom. The van der Waals surface area contributed by atoms with E-state index < -0.39 is 17.2 Å². The van der Waals surface area contributed by atoms with Crippen molar-refractivity contribution in [3.05, 3.63) is 23.5 Å². The fraction of sp³-hybridized carbons (Fsp3) is 0.529. The molecule has 1 aromatic carbocycles. The van der Waals surface area contributed by atoms with E-state index in [2.05, 4.69) is 0 Å². The molecule has 1 saturated carbocycles. The number of ether oxygens (including phenoxy) is 3. The van der Waals surface area contributed by atoms with Gasteiger partial charge in [0.15, 0.2) is 11.6 Å². The largest absolute Gasteiger partial charge is 0.496 e. The van der Waals surface area contributed by atoms with E-state index in [1.54, 1.807) is 0 Å². The highest BCUT2D eigenvalue weighted by atomic mass is 19.1. The number of hydrogen-bond donors (Lipinski definition) is 1. The molecule has 0 heterocycles. The van der Waals surface area contributed by atoms with Crippen molar-refractivity contribution >= 4 is 11.9 Å². The SMILES string of the molecule is COC(=O)C1(C)CCC(Oc2cc(C(=O)O)c(OC)cc2F)CC1. The fourth-order valence-corrected chi connectivity index (χ4v) is 2.94. The van der Waals surface area contributed by atoms with Gasteiger partial charge in [-0.2, -0.15) is 0 Å². The van der Waals surface area contributed by atoms with Crippen LogP contribution < -0.4 is 9.47 Å². The number of carbonyl (C=O) groups excluding carboxylic acids is 1. The second kappa shape index (κ2) is 7.07. The van der Waals surface area contributed by atoms with Gasteiger partial charge in [0.05, 0.1) is 25.7 Å². The van der Waals surface area contributed by atoms with Crippen LogP contribution in [0.2, 0.25) is 0 Å². The molecule has 132 valence electrons. The number of hydrogen-bond acceptors (Lipinski definition) is 5. The van der Waals surface area contributed by atoms with Crippen LogP contribution in [0.4, 0.5) is 4.39 Å². The number of carboxylic acids is 1. The lowest BCUT2D eigenvalue weighted by Crippen LogP contribution is -2.37. The summed E-state index contributed by atoms with van der Waals surface area (Å²) >= 11 is 0. The first-order chi connectivity index (χ1) is 11.3. The number of carbonyl (C=O) groups is 2. The third-order valence-corrected chi connectivity index (χ3v) is 4.49. The second-order valence-corrected chi connectivity index (χ2v) is 6.16. The van der Waals surface area contributed by atoms with Gasteiger partial charge in [-0.3, -0.25) is 4.79 Å². The van der Waals surface area contributed by atoms with Crippen LogP contribution in [-0.4, -0.2) is 37.4 Å². The number of methoxy groups -OCH3 is 2. The zero-order valence-corrected chi connectivity index (χ0v) is 13.9. The van der Waals surface area contributed by atoms with E-state index >= 15 is 0 Å². The lowest BCUT2D eigenvalue weighted by molar-refractivity contribution is -0.154. The lowest BCUT2D eigenvalue weighted by Gasteiger charge is -2.35. The molecular weight excluding hydrogens is 319 g/mol. The van der Waals surface area contributed by atoms with Crippen LogP contribution >= 0.6 is 0 Å². The van der Waals surface area contributed by atoms with Gasteiger partial charge in [-0.15, -0.1) is 0 Å². The molecule has 1 aromatic rings. The maximum atomic E-state index is 14.1. The average Bonchev–Trinajstić information content (AvgIpc) is 2.57. The monoisotopic (exact) mass is 340 g/mol. The molecule has 7 heteroatoms. The van der Waals surface area contributed by atoms with Crippen molar-refractivity contribution in [3.63, 3.8) is 0 Å². The average molecular weight is 340 g/mol.